The zero-order valence-electron chi connectivity index (χ0n) is 13.0. The number of nitrogens with zero attached hydrogens (tertiary/aromatic N) is 2. The average molecular weight is 288 g/mol. The summed E-state index contributed by atoms with van der Waals surface area (Å²) >= 11 is 0. The second kappa shape index (κ2) is 6.13. The molecule has 0 amide bonds. The van der Waals surface area contributed by atoms with E-state index in [0.717, 1.165) is 30.3 Å². The highest BCUT2D eigenvalue weighted by Gasteiger charge is 2.43. The summed E-state index contributed by atoms with van der Waals surface area (Å²) in [5.74, 6) is 2.06. The van der Waals surface area contributed by atoms with Crippen LogP contribution >= 0.6 is 0 Å². The lowest BCUT2D eigenvalue weighted by molar-refractivity contribution is -0.00705. The van der Waals surface area contributed by atoms with Gasteiger partial charge in [-0.3, -0.25) is 9.80 Å². The molecule has 1 saturated carbocycles. The van der Waals surface area contributed by atoms with Crippen LogP contribution in [-0.2, 0) is 6.54 Å². The second-order valence-electron chi connectivity index (χ2n) is 7.18. The van der Waals surface area contributed by atoms with Crippen molar-refractivity contribution in [1.29, 1.82) is 0 Å². The zero-order valence-corrected chi connectivity index (χ0v) is 13.0. The van der Waals surface area contributed by atoms with Crippen LogP contribution in [0.3, 0.4) is 0 Å². The number of hydrogen-bond acceptors (Lipinski definition) is 3. The second-order valence-corrected chi connectivity index (χ2v) is 7.18. The molecule has 1 aromatic heterocycles. The molecule has 0 bridgehead atoms. The monoisotopic (exact) mass is 288 g/mol. The molecular weight excluding hydrogens is 260 g/mol. The van der Waals surface area contributed by atoms with Crippen LogP contribution in [0.5, 0.6) is 0 Å². The minimum atomic E-state index is 0.770. The Hall–Kier alpha value is -0.800. The molecule has 21 heavy (non-hydrogen) atoms. The number of rotatable bonds is 3. The molecule has 2 aliphatic heterocycles. The van der Waals surface area contributed by atoms with Gasteiger partial charge in [0.1, 0.15) is 5.76 Å². The number of hydrogen-bond donors (Lipinski definition) is 0. The van der Waals surface area contributed by atoms with Gasteiger partial charge in [0, 0.05) is 25.2 Å². The Morgan fingerprint density at radius 2 is 1.90 bits per heavy atom. The van der Waals surface area contributed by atoms with Crippen LogP contribution in [0.15, 0.2) is 22.8 Å². The molecule has 1 aromatic rings. The summed E-state index contributed by atoms with van der Waals surface area (Å²) in [6.07, 6.45) is 11.9. The predicted octanol–water partition coefficient (Wildman–Crippen LogP) is 3.51. The molecule has 0 spiro atoms. The van der Waals surface area contributed by atoms with Crippen molar-refractivity contribution in [1.82, 2.24) is 9.80 Å². The topological polar surface area (TPSA) is 19.6 Å². The van der Waals surface area contributed by atoms with Gasteiger partial charge in [0.15, 0.2) is 0 Å². The van der Waals surface area contributed by atoms with Crippen LogP contribution in [0.2, 0.25) is 0 Å². The Morgan fingerprint density at radius 3 is 2.71 bits per heavy atom. The molecule has 0 unspecified atom stereocenters. The van der Waals surface area contributed by atoms with Crippen LogP contribution < -0.4 is 0 Å². The van der Waals surface area contributed by atoms with E-state index in [2.05, 4.69) is 15.9 Å². The van der Waals surface area contributed by atoms with E-state index < -0.39 is 0 Å². The highest BCUT2D eigenvalue weighted by molar-refractivity contribution is 5.03. The lowest BCUT2D eigenvalue weighted by Gasteiger charge is -2.49. The van der Waals surface area contributed by atoms with Crippen molar-refractivity contribution in [3.63, 3.8) is 0 Å². The Bertz CT molecular complexity index is 438. The standard InChI is InChI=1S/C18H28N2O/c1-2-6-15(7-3-1)18-17-9-4-10-19(17)11-12-20(18)14-16-8-5-13-21-16/h5,8,13,15,17-18H,1-4,6-7,9-12,14H2/t17-,18-/m0/s1. The maximum atomic E-state index is 5.63. The van der Waals surface area contributed by atoms with Gasteiger partial charge in [0.05, 0.1) is 12.8 Å². The van der Waals surface area contributed by atoms with Gasteiger partial charge >= 0.3 is 0 Å². The minimum Gasteiger partial charge on any atom is -0.468 e. The van der Waals surface area contributed by atoms with E-state index in [1.54, 1.807) is 0 Å². The first kappa shape index (κ1) is 13.8. The maximum Gasteiger partial charge on any atom is 0.117 e. The van der Waals surface area contributed by atoms with E-state index in [-0.39, 0.29) is 0 Å². The number of furan rings is 1. The van der Waals surface area contributed by atoms with Gasteiger partial charge in [-0.15, -0.1) is 0 Å². The van der Waals surface area contributed by atoms with Gasteiger partial charge in [0.2, 0.25) is 0 Å². The molecule has 0 radical (unpaired) electrons. The molecule has 3 nitrogen and oxygen atoms in total. The fraction of sp³-hybridized carbons (Fsp3) is 0.778. The van der Waals surface area contributed by atoms with Crippen molar-refractivity contribution in [2.24, 2.45) is 5.92 Å². The normalized spacial score (nSPS) is 32.4. The highest BCUT2D eigenvalue weighted by Crippen LogP contribution is 2.38. The summed E-state index contributed by atoms with van der Waals surface area (Å²) in [6.45, 7) is 4.83. The van der Waals surface area contributed by atoms with E-state index in [1.165, 1.54) is 64.6 Å². The summed E-state index contributed by atoms with van der Waals surface area (Å²) < 4.78 is 5.63. The minimum absolute atomic E-state index is 0.770. The SMILES string of the molecule is c1coc(CN2CCN3CCC[C@H]3[C@@H]2C2CCCCC2)c1. The molecular formula is C18H28N2O. The van der Waals surface area contributed by atoms with Gasteiger partial charge < -0.3 is 4.42 Å². The maximum absolute atomic E-state index is 5.63. The molecule has 1 aliphatic carbocycles. The third-order valence-corrected chi connectivity index (χ3v) is 5.98. The van der Waals surface area contributed by atoms with Gasteiger partial charge in [-0.2, -0.15) is 0 Å². The zero-order chi connectivity index (χ0) is 14.1. The quantitative estimate of drug-likeness (QED) is 0.848. The Morgan fingerprint density at radius 1 is 1.00 bits per heavy atom. The Kier molecular flexibility index (Phi) is 4.04. The van der Waals surface area contributed by atoms with Crippen LogP contribution in [0.4, 0.5) is 0 Å². The summed E-state index contributed by atoms with van der Waals surface area (Å²) in [4.78, 5) is 5.53. The van der Waals surface area contributed by atoms with E-state index in [4.69, 9.17) is 4.42 Å². The van der Waals surface area contributed by atoms with Crippen molar-refractivity contribution < 1.29 is 4.42 Å². The van der Waals surface area contributed by atoms with Crippen LogP contribution in [0, 0.1) is 5.92 Å². The van der Waals surface area contributed by atoms with Crippen LogP contribution in [0.25, 0.3) is 0 Å². The third kappa shape index (κ3) is 2.78. The van der Waals surface area contributed by atoms with Gasteiger partial charge in [-0.25, -0.2) is 0 Å². The molecule has 3 heteroatoms. The number of fused-ring (bicyclic) bond motifs is 1. The summed E-state index contributed by atoms with van der Waals surface area (Å²) in [6, 6.07) is 5.75. The Labute approximate surface area is 128 Å². The molecule has 3 fully saturated rings. The highest BCUT2D eigenvalue weighted by atomic mass is 16.3. The largest absolute Gasteiger partial charge is 0.468 e. The molecule has 2 saturated heterocycles. The smallest absolute Gasteiger partial charge is 0.117 e. The van der Waals surface area contributed by atoms with E-state index in [0.29, 0.717) is 0 Å². The van der Waals surface area contributed by atoms with Crippen molar-refractivity contribution in [3.8, 4) is 0 Å². The van der Waals surface area contributed by atoms with Gasteiger partial charge in [0.25, 0.3) is 0 Å². The van der Waals surface area contributed by atoms with Crippen LogP contribution in [-0.4, -0.2) is 41.5 Å². The fourth-order valence-corrected chi connectivity index (χ4v) is 5.04. The van der Waals surface area contributed by atoms with Crippen molar-refractivity contribution >= 4 is 0 Å². The first-order chi connectivity index (χ1) is 10.4. The number of piperazine rings is 1. The third-order valence-electron chi connectivity index (χ3n) is 5.98. The molecule has 3 aliphatic rings. The summed E-state index contributed by atoms with van der Waals surface area (Å²) in [5.41, 5.74) is 0. The predicted molar refractivity (Wildman–Crippen MR) is 84.1 cm³/mol. The van der Waals surface area contributed by atoms with E-state index in [9.17, 15) is 0 Å². The van der Waals surface area contributed by atoms with Crippen molar-refractivity contribution in [2.45, 2.75) is 63.6 Å². The van der Waals surface area contributed by atoms with Crippen molar-refractivity contribution in [3.05, 3.63) is 24.2 Å². The summed E-state index contributed by atoms with van der Waals surface area (Å²) in [7, 11) is 0. The molecule has 0 aromatic carbocycles. The van der Waals surface area contributed by atoms with Crippen molar-refractivity contribution in [2.75, 3.05) is 19.6 Å². The Balaban J connectivity index is 1.54. The van der Waals surface area contributed by atoms with Gasteiger partial charge in [-0.05, 0) is 50.3 Å². The lowest BCUT2D eigenvalue weighted by atomic mass is 9.78. The average Bonchev–Trinajstić information content (AvgIpc) is 3.19. The molecule has 116 valence electrons. The van der Waals surface area contributed by atoms with E-state index >= 15 is 0 Å². The first-order valence-electron chi connectivity index (χ1n) is 8.92. The van der Waals surface area contributed by atoms with Crippen LogP contribution in [0.1, 0.15) is 50.7 Å². The van der Waals surface area contributed by atoms with E-state index in [1.807, 2.05) is 12.3 Å². The first-order valence-corrected chi connectivity index (χ1v) is 8.92. The summed E-state index contributed by atoms with van der Waals surface area (Å²) in [5, 5.41) is 0. The molecule has 2 atom stereocenters. The molecule has 4 rings (SSSR count). The molecule has 3 heterocycles. The fourth-order valence-electron chi connectivity index (χ4n) is 5.04. The molecule has 0 N–H and O–H groups in total. The lowest BCUT2D eigenvalue weighted by Crippen LogP contribution is -2.59. The van der Waals surface area contributed by atoms with Gasteiger partial charge in [-0.1, -0.05) is 19.3 Å².